The molecule has 19 heavy (non-hydrogen) atoms. The van der Waals surface area contributed by atoms with Gasteiger partial charge in [-0.15, -0.1) is 0 Å². The van der Waals surface area contributed by atoms with E-state index >= 15 is 0 Å². The highest BCUT2D eigenvalue weighted by Crippen LogP contribution is 2.30. The fourth-order valence-electron chi connectivity index (χ4n) is 2.42. The van der Waals surface area contributed by atoms with Crippen LogP contribution in [0.2, 0.25) is 0 Å². The molecule has 0 heterocycles. The van der Waals surface area contributed by atoms with Crippen molar-refractivity contribution in [3.8, 4) is 0 Å². The Bertz CT molecular complexity index is 412. The number of aliphatic hydroxyl groups excluding tert-OH is 1. The monoisotopic (exact) mass is 269 g/mol. The maximum absolute atomic E-state index is 13.6. The van der Waals surface area contributed by atoms with Gasteiger partial charge in [0, 0.05) is 19.1 Å². The van der Waals surface area contributed by atoms with E-state index in [2.05, 4.69) is 18.7 Å². The molecule has 106 valence electrons. The molecular weight excluding hydrogens is 248 g/mol. The topological polar surface area (TPSA) is 23.5 Å². The third-order valence-corrected chi connectivity index (χ3v) is 3.40. The lowest BCUT2D eigenvalue weighted by Crippen LogP contribution is -2.34. The summed E-state index contributed by atoms with van der Waals surface area (Å²) in [5.74, 6) is -0.876. The number of nitrogens with zero attached hydrogens (tertiary/aromatic N) is 1. The van der Waals surface area contributed by atoms with Gasteiger partial charge in [0.05, 0.1) is 11.7 Å². The Morgan fingerprint density at radius 2 is 1.79 bits per heavy atom. The third kappa shape index (κ3) is 3.74. The van der Waals surface area contributed by atoms with Crippen LogP contribution in [0.1, 0.15) is 38.4 Å². The average Bonchev–Trinajstić information content (AvgIpc) is 3.10. The van der Waals surface area contributed by atoms with Crippen LogP contribution in [-0.4, -0.2) is 29.1 Å². The number of aliphatic hydroxyl groups is 1. The van der Waals surface area contributed by atoms with Crippen molar-refractivity contribution in [1.82, 2.24) is 4.90 Å². The molecule has 1 aromatic rings. The molecule has 0 aromatic heterocycles. The van der Waals surface area contributed by atoms with Crippen LogP contribution in [0.15, 0.2) is 18.2 Å². The zero-order valence-electron chi connectivity index (χ0n) is 11.4. The molecule has 1 atom stereocenters. The number of benzene rings is 1. The van der Waals surface area contributed by atoms with Crippen LogP contribution < -0.4 is 0 Å². The Balaban J connectivity index is 2.08. The molecule has 1 N–H and O–H groups in total. The molecule has 1 aliphatic rings. The van der Waals surface area contributed by atoms with Crippen LogP contribution in [0, 0.1) is 17.6 Å². The number of halogens is 2. The molecule has 1 unspecified atom stereocenters. The average molecular weight is 269 g/mol. The van der Waals surface area contributed by atoms with Gasteiger partial charge >= 0.3 is 0 Å². The zero-order chi connectivity index (χ0) is 14.0. The van der Waals surface area contributed by atoms with Gasteiger partial charge in [-0.05, 0) is 30.9 Å². The van der Waals surface area contributed by atoms with Crippen LogP contribution in [0.3, 0.4) is 0 Å². The molecule has 1 saturated carbocycles. The van der Waals surface area contributed by atoms with E-state index in [0.717, 1.165) is 19.4 Å². The van der Waals surface area contributed by atoms with Gasteiger partial charge in [0.15, 0.2) is 0 Å². The van der Waals surface area contributed by atoms with Gasteiger partial charge in [0.25, 0.3) is 0 Å². The molecule has 1 fully saturated rings. The fourth-order valence-corrected chi connectivity index (χ4v) is 2.42. The van der Waals surface area contributed by atoms with Gasteiger partial charge in [-0.25, -0.2) is 8.78 Å². The van der Waals surface area contributed by atoms with E-state index in [1.165, 1.54) is 18.2 Å². The Hall–Kier alpha value is -1.00. The molecule has 0 bridgehead atoms. The normalized spacial score (nSPS) is 17.2. The zero-order valence-corrected chi connectivity index (χ0v) is 11.4. The lowest BCUT2D eigenvalue weighted by molar-refractivity contribution is 0.0957. The summed E-state index contributed by atoms with van der Waals surface area (Å²) < 4.78 is 27.2. The van der Waals surface area contributed by atoms with E-state index in [4.69, 9.17) is 0 Å². The van der Waals surface area contributed by atoms with Gasteiger partial charge in [-0.1, -0.05) is 19.9 Å². The summed E-state index contributed by atoms with van der Waals surface area (Å²) in [6.07, 6.45) is 1.11. The van der Waals surface area contributed by atoms with Crippen LogP contribution in [0.4, 0.5) is 8.78 Å². The van der Waals surface area contributed by atoms with E-state index in [-0.39, 0.29) is 5.56 Å². The van der Waals surface area contributed by atoms with Crippen molar-refractivity contribution >= 4 is 0 Å². The molecule has 2 nitrogen and oxygen atoms in total. The maximum Gasteiger partial charge on any atom is 0.131 e. The Morgan fingerprint density at radius 3 is 2.26 bits per heavy atom. The first-order chi connectivity index (χ1) is 8.99. The summed E-state index contributed by atoms with van der Waals surface area (Å²) in [6, 6.07) is 4.15. The SMILES string of the molecule is CC(C)CN(CC(O)c1c(F)cccc1F)C1CC1. The van der Waals surface area contributed by atoms with Gasteiger partial charge in [-0.3, -0.25) is 4.90 Å². The molecule has 1 aliphatic carbocycles. The second-order valence-electron chi connectivity index (χ2n) is 5.73. The predicted octanol–water partition coefficient (Wildman–Crippen LogP) is 3.12. The first-order valence-electron chi connectivity index (χ1n) is 6.85. The predicted molar refractivity (Wildman–Crippen MR) is 70.8 cm³/mol. The minimum absolute atomic E-state index is 0.211. The Labute approximate surface area is 113 Å². The summed E-state index contributed by atoms with van der Waals surface area (Å²) in [4.78, 5) is 2.14. The lowest BCUT2D eigenvalue weighted by Gasteiger charge is -2.27. The third-order valence-electron chi connectivity index (χ3n) is 3.40. The van der Waals surface area contributed by atoms with Gasteiger partial charge in [0.1, 0.15) is 11.6 Å². The number of hydrogen-bond donors (Lipinski definition) is 1. The van der Waals surface area contributed by atoms with Crippen LogP contribution >= 0.6 is 0 Å². The van der Waals surface area contributed by atoms with Crippen molar-refractivity contribution in [3.63, 3.8) is 0 Å². The second kappa shape index (κ2) is 5.97. The number of rotatable bonds is 6. The maximum atomic E-state index is 13.6. The van der Waals surface area contributed by atoms with Gasteiger partial charge in [0.2, 0.25) is 0 Å². The Kier molecular flexibility index (Phi) is 4.53. The molecule has 0 aliphatic heterocycles. The summed E-state index contributed by atoms with van der Waals surface area (Å²) in [6.45, 7) is 5.34. The van der Waals surface area contributed by atoms with Crippen molar-refractivity contribution < 1.29 is 13.9 Å². The van der Waals surface area contributed by atoms with Gasteiger partial charge < -0.3 is 5.11 Å². The molecular formula is C15H21F2NO. The summed E-state index contributed by atoms with van der Waals surface area (Å²) in [7, 11) is 0. The molecule has 2 rings (SSSR count). The molecule has 4 heteroatoms. The van der Waals surface area contributed by atoms with Crippen LogP contribution in [0.25, 0.3) is 0 Å². The van der Waals surface area contributed by atoms with E-state index in [1.54, 1.807) is 0 Å². The number of hydrogen-bond acceptors (Lipinski definition) is 2. The van der Waals surface area contributed by atoms with E-state index in [9.17, 15) is 13.9 Å². The van der Waals surface area contributed by atoms with Crippen molar-refractivity contribution in [3.05, 3.63) is 35.4 Å². The molecule has 1 aromatic carbocycles. The largest absolute Gasteiger partial charge is 0.387 e. The summed E-state index contributed by atoms with van der Waals surface area (Å²) in [5, 5.41) is 10.1. The molecule has 0 spiro atoms. The highest BCUT2D eigenvalue weighted by atomic mass is 19.1. The molecule has 0 amide bonds. The quantitative estimate of drug-likeness (QED) is 0.857. The first-order valence-corrected chi connectivity index (χ1v) is 6.85. The molecule has 0 saturated heterocycles. The Morgan fingerprint density at radius 1 is 1.21 bits per heavy atom. The lowest BCUT2D eigenvalue weighted by atomic mass is 10.1. The summed E-state index contributed by atoms with van der Waals surface area (Å²) >= 11 is 0. The van der Waals surface area contributed by atoms with Crippen molar-refractivity contribution in [2.45, 2.75) is 38.8 Å². The van der Waals surface area contributed by atoms with Gasteiger partial charge in [-0.2, -0.15) is 0 Å². The smallest absolute Gasteiger partial charge is 0.131 e. The van der Waals surface area contributed by atoms with Crippen LogP contribution in [0.5, 0.6) is 0 Å². The van der Waals surface area contributed by atoms with E-state index < -0.39 is 17.7 Å². The standard InChI is InChI=1S/C15H21F2NO/c1-10(2)8-18(11-6-7-11)9-14(19)15-12(16)4-3-5-13(15)17/h3-5,10-11,14,19H,6-9H2,1-2H3. The van der Waals surface area contributed by atoms with Crippen LogP contribution in [-0.2, 0) is 0 Å². The first kappa shape index (κ1) is 14.4. The summed E-state index contributed by atoms with van der Waals surface area (Å²) in [5.41, 5.74) is -0.211. The second-order valence-corrected chi connectivity index (χ2v) is 5.73. The molecule has 0 radical (unpaired) electrons. The van der Waals surface area contributed by atoms with Crippen molar-refractivity contribution in [2.24, 2.45) is 5.92 Å². The highest BCUT2D eigenvalue weighted by Gasteiger charge is 2.31. The van der Waals surface area contributed by atoms with E-state index in [0.29, 0.717) is 18.5 Å². The fraction of sp³-hybridized carbons (Fsp3) is 0.600. The highest BCUT2D eigenvalue weighted by molar-refractivity contribution is 5.22. The van der Waals surface area contributed by atoms with E-state index in [1.807, 2.05) is 0 Å². The van der Waals surface area contributed by atoms with Crippen molar-refractivity contribution in [2.75, 3.05) is 13.1 Å². The minimum Gasteiger partial charge on any atom is -0.387 e. The minimum atomic E-state index is -1.11. The van der Waals surface area contributed by atoms with Crippen molar-refractivity contribution in [1.29, 1.82) is 0 Å².